The van der Waals surface area contributed by atoms with Crippen LogP contribution < -0.4 is 18.9 Å². The van der Waals surface area contributed by atoms with Crippen molar-refractivity contribution >= 4 is 0 Å². The highest BCUT2D eigenvalue weighted by Gasteiger charge is 2.49. The van der Waals surface area contributed by atoms with Crippen LogP contribution in [0.15, 0.2) is 36.4 Å². The molecule has 3 saturated heterocycles. The Bertz CT molecular complexity index is 1110. The first-order valence-corrected chi connectivity index (χ1v) is 12.5. The molecule has 0 amide bonds. The van der Waals surface area contributed by atoms with Crippen molar-refractivity contribution in [2.45, 2.75) is 42.9 Å². The van der Waals surface area contributed by atoms with Gasteiger partial charge in [-0.15, -0.1) is 0 Å². The summed E-state index contributed by atoms with van der Waals surface area (Å²) < 4.78 is 40.1. The SMILES string of the molecule is COc1ccc([C@@H]2OC[C@H]3[C@H]2CO[C@@H]3c2ccc(O[C@H]3O[C@H](CO)[C@@H](O)[C@H](O)[C@H]3O)c(OC)c2)cc1OC. The van der Waals surface area contributed by atoms with E-state index in [9.17, 15) is 20.4 Å². The summed E-state index contributed by atoms with van der Waals surface area (Å²) in [6, 6.07) is 11.1. The third-order valence-electron chi connectivity index (χ3n) is 7.61. The molecule has 208 valence electrons. The molecule has 0 aromatic heterocycles. The summed E-state index contributed by atoms with van der Waals surface area (Å²) in [4.78, 5) is 0. The van der Waals surface area contributed by atoms with E-state index in [0.717, 1.165) is 11.1 Å². The van der Waals surface area contributed by atoms with Crippen LogP contribution in [0.25, 0.3) is 0 Å². The molecule has 4 N–H and O–H groups in total. The van der Waals surface area contributed by atoms with Crippen LogP contribution in [-0.4, -0.2) is 92.3 Å². The average Bonchev–Trinajstić information content (AvgIpc) is 3.55. The Hall–Kier alpha value is -2.64. The number of rotatable bonds is 8. The summed E-state index contributed by atoms with van der Waals surface area (Å²) in [6.45, 7) is 0.508. The van der Waals surface area contributed by atoms with Gasteiger partial charge in [-0.05, 0) is 35.4 Å². The van der Waals surface area contributed by atoms with Crippen molar-refractivity contribution in [1.29, 1.82) is 0 Å². The Morgan fingerprint density at radius 3 is 1.76 bits per heavy atom. The zero-order chi connectivity index (χ0) is 27.0. The number of aliphatic hydroxyl groups is 4. The molecule has 0 saturated carbocycles. The zero-order valence-electron chi connectivity index (χ0n) is 21.4. The maximum Gasteiger partial charge on any atom is 0.229 e. The maximum atomic E-state index is 10.3. The minimum atomic E-state index is -1.54. The van der Waals surface area contributed by atoms with Gasteiger partial charge in [0.15, 0.2) is 23.0 Å². The molecule has 11 heteroatoms. The maximum absolute atomic E-state index is 10.3. The molecule has 0 radical (unpaired) electrons. The minimum Gasteiger partial charge on any atom is -0.493 e. The zero-order valence-corrected chi connectivity index (χ0v) is 21.4. The predicted molar refractivity (Wildman–Crippen MR) is 131 cm³/mol. The van der Waals surface area contributed by atoms with Crippen molar-refractivity contribution in [3.8, 4) is 23.0 Å². The summed E-state index contributed by atoms with van der Waals surface area (Å²) in [5.74, 6) is 2.21. The molecule has 2 aromatic rings. The lowest BCUT2D eigenvalue weighted by Gasteiger charge is -2.39. The Balaban J connectivity index is 1.31. The first kappa shape index (κ1) is 26.9. The van der Waals surface area contributed by atoms with Crippen LogP contribution in [-0.2, 0) is 14.2 Å². The monoisotopic (exact) mass is 534 g/mol. The van der Waals surface area contributed by atoms with Crippen molar-refractivity contribution in [2.24, 2.45) is 11.8 Å². The second kappa shape index (κ2) is 11.2. The fraction of sp³-hybridized carbons (Fsp3) is 0.556. The highest BCUT2D eigenvalue weighted by molar-refractivity contribution is 5.45. The second-order valence-corrected chi connectivity index (χ2v) is 9.68. The lowest BCUT2D eigenvalue weighted by Crippen LogP contribution is -2.60. The van der Waals surface area contributed by atoms with Gasteiger partial charge >= 0.3 is 0 Å². The third kappa shape index (κ3) is 4.79. The van der Waals surface area contributed by atoms with Gasteiger partial charge in [-0.2, -0.15) is 0 Å². The van der Waals surface area contributed by atoms with Crippen LogP contribution in [0.4, 0.5) is 0 Å². The molecular weight excluding hydrogens is 500 g/mol. The quantitative estimate of drug-likeness (QED) is 0.384. The van der Waals surface area contributed by atoms with Gasteiger partial charge in [0.25, 0.3) is 0 Å². The molecule has 0 spiro atoms. The molecule has 2 aromatic carbocycles. The number of aliphatic hydroxyl groups excluding tert-OH is 4. The smallest absolute Gasteiger partial charge is 0.229 e. The van der Waals surface area contributed by atoms with Crippen LogP contribution in [0.5, 0.6) is 23.0 Å². The van der Waals surface area contributed by atoms with E-state index >= 15 is 0 Å². The number of fused-ring (bicyclic) bond motifs is 1. The Kier molecular flexibility index (Phi) is 7.96. The standard InChI is InChI=1S/C27H34O11/c1-32-17-6-4-13(8-19(17)33-2)25-15-11-36-26(16(15)12-35-25)14-5-7-18(20(9-14)34-3)37-27-24(31)23(30)22(29)21(10-28)38-27/h4-9,15-16,21-31H,10-12H2,1-3H3/t15-,16+,21-,22-,23+,24-,25+,26-,27+/m1/s1. The van der Waals surface area contributed by atoms with E-state index in [1.807, 2.05) is 24.3 Å². The summed E-state index contributed by atoms with van der Waals surface area (Å²) in [6.07, 6.45) is -7.29. The van der Waals surface area contributed by atoms with Gasteiger partial charge in [0.1, 0.15) is 24.4 Å². The van der Waals surface area contributed by atoms with Gasteiger partial charge in [-0.1, -0.05) is 12.1 Å². The fourth-order valence-electron chi connectivity index (χ4n) is 5.51. The van der Waals surface area contributed by atoms with E-state index in [1.54, 1.807) is 26.4 Å². The van der Waals surface area contributed by atoms with Gasteiger partial charge in [0.2, 0.25) is 6.29 Å². The normalized spacial score (nSPS) is 34.6. The van der Waals surface area contributed by atoms with E-state index in [4.69, 9.17) is 33.2 Å². The van der Waals surface area contributed by atoms with Crippen molar-refractivity contribution in [3.05, 3.63) is 47.5 Å². The summed E-state index contributed by atoms with van der Waals surface area (Å²) >= 11 is 0. The molecule has 0 aliphatic carbocycles. The van der Waals surface area contributed by atoms with Crippen LogP contribution in [0.3, 0.4) is 0 Å². The molecule has 38 heavy (non-hydrogen) atoms. The predicted octanol–water partition coefficient (Wildman–Crippen LogP) is 0.966. The van der Waals surface area contributed by atoms with E-state index in [1.165, 1.54) is 7.11 Å². The largest absolute Gasteiger partial charge is 0.493 e. The minimum absolute atomic E-state index is 0.120. The first-order valence-electron chi connectivity index (χ1n) is 12.5. The van der Waals surface area contributed by atoms with Crippen LogP contribution >= 0.6 is 0 Å². The van der Waals surface area contributed by atoms with Crippen molar-refractivity contribution in [1.82, 2.24) is 0 Å². The van der Waals surface area contributed by atoms with Crippen LogP contribution in [0, 0.1) is 11.8 Å². The first-order chi connectivity index (χ1) is 18.4. The number of methoxy groups -OCH3 is 3. The average molecular weight is 535 g/mol. The Morgan fingerprint density at radius 2 is 1.24 bits per heavy atom. The number of ether oxygens (including phenoxy) is 7. The third-order valence-corrected chi connectivity index (χ3v) is 7.61. The Labute approximate surface area is 220 Å². The van der Waals surface area contributed by atoms with E-state index in [2.05, 4.69) is 0 Å². The van der Waals surface area contributed by atoms with Crippen LogP contribution in [0.2, 0.25) is 0 Å². The lowest BCUT2D eigenvalue weighted by atomic mass is 9.85. The molecule has 5 rings (SSSR count). The molecule has 11 nitrogen and oxygen atoms in total. The highest BCUT2D eigenvalue weighted by atomic mass is 16.7. The number of hydrogen-bond donors (Lipinski definition) is 4. The molecule has 3 heterocycles. The van der Waals surface area contributed by atoms with Crippen molar-refractivity contribution < 1.29 is 53.6 Å². The topological polar surface area (TPSA) is 146 Å². The molecule has 0 unspecified atom stereocenters. The van der Waals surface area contributed by atoms with Gasteiger partial charge in [0, 0.05) is 11.8 Å². The molecular formula is C27H34O11. The fourth-order valence-corrected chi connectivity index (χ4v) is 5.51. The van der Waals surface area contributed by atoms with Gasteiger partial charge < -0.3 is 53.6 Å². The molecule has 0 bridgehead atoms. The van der Waals surface area contributed by atoms with Crippen LogP contribution in [0.1, 0.15) is 23.3 Å². The van der Waals surface area contributed by atoms with E-state index in [0.29, 0.717) is 30.5 Å². The number of benzene rings is 2. The highest BCUT2D eigenvalue weighted by Crippen LogP contribution is 2.51. The van der Waals surface area contributed by atoms with Gasteiger partial charge in [0.05, 0.1) is 53.4 Å². The van der Waals surface area contributed by atoms with Crippen molar-refractivity contribution in [2.75, 3.05) is 41.2 Å². The molecule has 3 aliphatic heterocycles. The van der Waals surface area contributed by atoms with Gasteiger partial charge in [-0.3, -0.25) is 0 Å². The Morgan fingerprint density at radius 1 is 0.711 bits per heavy atom. The van der Waals surface area contributed by atoms with E-state index in [-0.39, 0.29) is 29.8 Å². The molecule has 3 aliphatic rings. The van der Waals surface area contributed by atoms with Crippen molar-refractivity contribution in [3.63, 3.8) is 0 Å². The second-order valence-electron chi connectivity index (χ2n) is 9.68. The summed E-state index contributed by atoms with van der Waals surface area (Å²) in [5, 5.41) is 39.8. The summed E-state index contributed by atoms with van der Waals surface area (Å²) in [7, 11) is 4.69. The lowest BCUT2D eigenvalue weighted by molar-refractivity contribution is -0.277. The van der Waals surface area contributed by atoms with E-state index < -0.39 is 37.3 Å². The number of hydrogen-bond acceptors (Lipinski definition) is 11. The molecule has 3 fully saturated rings. The molecule has 9 atom stereocenters. The van der Waals surface area contributed by atoms with Gasteiger partial charge in [-0.25, -0.2) is 0 Å². The summed E-state index contributed by atoms with van der Waals surface area (Å²) in [5.41, 5.74) is 1.88.